The average molecular weight is 328 g/mol. The molecule has 5 heteroatoms. The molecule has 1 unspecified atom stereocenters. The Morgan fingerprint density at radius 3 is 2.44 bits per heavy atom. The van der Waals surface area contributed by atoms with E-state index in [1.165, 1.54) is 0 Å². The van der Waals surface area contributed by atoms with E-state index in [0.29, 0.717) is 0 Å². The minimum absolute atomic E-state index is 0.167. The van der Waals surface area contributed by atoms with Crippen molar-refractivity contribution >= 4 is 27.3 Å². The summed E-state index contributed by atoms with van der Waals surface area (Å²) in [5.74, 6) is 1.65. The number of halogens is 1. The number of ether oxygens (including phenoxy) is 2. The lowest BCUT2D eigenvalue weighted by atomic mass is 10.1. The second kappa shape index (κ2) is 5.73. The summed E-state index contributed by atoms with van der Waals surface area (Å²) in [6.07, 6.45) is 0. The molecule has 0 aliphatic heterocycles. The summed E-state index contributed by atoms with van der Waals surface area (Å²) in [5, 5.41) is 1.95. The van der Waals surface area contributed by atoms with Crippen molar-refractivity contribution in [3.05, 3.63) is 44.6 Å². The van der Waals surface area contributed by atoms with Crippen molar-refractivity contribution < 1.29 is 9.47 Å². The van der Waals surface area contributed by atoms with Gasteiger partial charge in [-0.1, -0.05) is 22.0 Å². The van der Waals surface area contributed by atoms with Gasteiger partial charge in [0.05, 0.1) is 20.3 Å². The van der Waals surface area contributed by atoms with Crippen molar-refractivity contribution in [1.29, 1.82) is 0 Å². The van der Waals surface area contributed by atoms with Crippen LogP contribution in [-0.4, -0.2) is 14.2 Å². The third-order valence-electron chi connectivity index (χ3n) is 2.68. The van der Waals surface area contributed by atoms with Crippen LogP contribution in [0.15, 0.2) is 34.1 Å². The molecule has 0 fully saturated rings. The topological polar surface area (TPSA) is 44.5 Å². The van der Waals surface area contributed by atoms with E-state index in [-0.39, 0.29) is 6.04 Å². The van der Waals surface area contributed by atoms with Crippen LogP contribution in [0.3, 0.4) is 0 Å². The fourth-order valence-electron chi connectivity index (χ4n) is 1.64. The van der Waals surface area contributed by atoms with E-state index < -0.39 is 0 Å². The minimum atomic E-state index is -0.167. The zero-order valence-corrected chi connectivity index (χ0v) is 12.5. The normalized spacial score (nSPS) is 12.2. The lowest BCUT2D eigenvalue weighted by Crippen LogP contribution is -2.10. The standard InChI is InChI=1S/C13H14BrNO2S/c1-16-8-3-4-10(11(14)5-8)13(15)12-6-9(17-2)7-18-12/h3-7,13H,15H2,1-2H3. The molecule has 18 heavy (non-hydrogen) atoms. The number of hydrogen-bond donors (Lipinski definition) is 1. The molecule has 3 nitrogen and oxygen atoms in total. The van der Waals surface area contributed by atoms with Gasteiger partial charge in [-0.25, -0.2) is 0 Å². The maximum absolute atomic E-state index is 6.26. The molecule has 0 saturated carbocycles. The van der Waals surface area contributed by atoms with E-state index in [1.54, 1.807) is 25.6 Å². The molecule has 2 rings (SSSR count). The predicted octanol–water partition coefficient (Wildman–Crippen LogP) is 3.58. The Balaban J connectivity index is 2.30. The van der Waals surface area contributed by atoms with Gasteiger partial charge < -0.3 is 15.2 Å². The molecule has 96 valence electrons. The number of hydrogen-bond acceptors (Lipinski definition) is 4. The Bertz CT molecular complexity index is 542. The predicted molar refractivity (Wildman–Crippen MR) is 77.6 cm³/mol. The van der Waals surface area contributed by atoms with Gasteiger partial charge in [0.2, 0.25) is 0 Å². The van der Waals surface area contributed by atoms with E-state index in [4.69, 9.17) is 15.2 Å². The number of nitrogens with two attached hydrogens (primary N) is 1. The van der Waals surface area contributed by atoms with E-state index in [9.17, 15) is 0 Å². The molecule has 1 heterocycles. The molecule has 1 aromatic carbocycles. The van der Waals surface area contributed by atoms with Gasteiger partial charge in [-0.2, -0.15) is 0 Å². The number of rotatable bonds is 4. The molecule has 1 atom stereocenters. The third kappa shape index (κ3) is 2.68. The number of thiophene rings is 1. The molecular formula is C13H14BrNO2S. The molecule has 2 N–H and O–H groups in total. The highest BCUT2D eigenvalue weighted by Crippen LogP contribution is 2.34. The molecule has 0 bridgehead atoms. The molecule has 0 aliphatic rings. The van der Waals surface area contributed by atoms with Gasteiger partial charge in [0.25, 0.3) is 0 Å². The first-order valence-electron chi connectivity index (χ1n) is 5.37. The summed E-state index contributed by atoms with van der Waals surface area (Å²) in [4.78, 5) is 1.07. The minimum Gasteiger partial charge on any atom is -0.497 e. The van der Waals surface area contributed by atoms with E-state index in [1.807, 2.05) is 29.6 Å². The zero-order chi connectivity index (χ0) is 13.1. The van der Waals surface area contributed by atoms with Crippen LogP contribution in [0.25, 0.3) is 0 Å². The summed E-state index contributed by atoms with van der Waals surface area (Å²) >= 11 is 5.12. The van der Waals surface area contributed by atoms with Crippen molar-refractivity contribution in [2.24, 2.45) is 5.73 Å². The Hall–Kier alpha value is -1.04. The highest BCUT2D eigenvalue weighted by molar-refractivity contribution is 9.10. The summed E-state index contributed by atoms with van der Waals surface area (Å²) in [7, 11) is 3.30. The van der Waals surface area contributed by atoms with Gasteiger partial charge in [0.1, 0.15) is 11.5 Å². The SMILES string of the molecule is COc1csc(C(N)c2ccc(OC)cc2Br)c1. The Labute approximate surface area is 119 Å². The van der Waals surface area contributed by atoms with Crippen molar-refractivity contribution in [3.8, 4) is 11.5 Å². The maximum atomic E-state index is 6.26. The quantitative estimate of drug-likeness (QED) is 0.933. The Morgan fingerprint density at radius 1 is 1.17 bits per heavy atom. The molecule has 0 aliphatic carbocycles. The van der Waals surface area contributed by atoms with Crippen LogP contribution >= 0.6 is 27.3 Å². The highest BCUT2D eigenvalue weighted by Gasteiger charge is 2.15. The van der Waals surface area contributed by atoms with E-state index >= 15 is 0 Å². The maximum Gasteiger partial charge on any atom is 0.129 e. The van der Waals surface area contributed by atoms with Gasteiger partial charge in [-0.15, -0.1) is 11.3 Å². The van der Waals surface area contributed by atoms with Crippen LogP contribution < -0.4 is 15.2 Å². The molecule has 0 amide bonds. The second-order valence-corrected chi connectivity index (χ2v) is 5.55. The molecule has 0 spiro atoms. The van der Waals surface area contributed by atoms with Gasteiger partial charge in [-0.3, -0.25) is 0 Å². The summed E-state index contributed by atoms with van der Waals surface area (Å²) < 4.78 is 11.3. The van der Waals surface area contributed by atoms with Crippen LogP contribution in [0.5, 0.6) is 11.5 Å². The molecular weight excluding hydrogens is 314 g/mol. The van der Waals surface area contributed by atoms with E-state index in [0.717, 1.165) is 26.4 Å². The van der Waals surface area contributed by atoms with Crippen LogP contribution in [0.1, 0.15) is 16.5 Å². The number of benzene rings is 1. The van der Waals surface area contributed by atoms with Crippen molar-refractivity contribution in [2.45, 2.75) is 6.04 Å². The summed E-state index contributed by atoms with van der Waals surface area (Å²) in [6.45, 7) is 0. The molecule has 0 saturated heterocycles. The fourth-order valence-corrected chi connectivity index (χ4v) is 3.12. The van der Waals surface area contributed by atoms with Crippen molar-refractivity contribution in [2.75, 3.05) is 14.2 Å². The third-order valence-corrected chi connectivity index (χ3v) is 4.36. The molecule has 2 aromatic rings. The number of methoxy groups -OCH3 is 2. The Kier molecular flexibility index (Phi) is 4.27. The molecule has 0 radical (unpaired) electrons. The van der Waals surface area contributed by atoms with Crippen LogP contribution in [-0.2, 0) is 0 Å². The van der Waals surface area contributed by atoms with Gasteiger partial charge >= 0.3 is 0 Å². The van der Waals surface area contributed by atoms with Crippen molar-refractivity contribution in [3.63, 3.8) is 0 Å². The monoisotopic (exact) mass is 327 g/mol. The largest absolute Gasteiger partial charge is 0.497 e. The second-order valence-electron chi connectivity index (χ2n) is 3.75. The van der Waals surface area contributed by atoms with Crippen molar-refractivity contribution in [1.82, 2.24) is 0 Å². The summed E-state index contributed by atoms with van der Waals surface area (Å²) in [6, 6.07) is 7.59. The van der Waals surface area contributed by atoms with Crippen LogP contribution in [0.4, 0.5) is 0 Å². The smallest absolute Gasteiger partial charge is 0.129 e. The van der Waals surface area contributed by atoms with E-state index in [2.05, 4.69) is 15.9 Å². The lowest BCUT2D eigenvalue weighted by molar-refractivity contribution is 0.414. The van der Waals surface area contributed by atoms with Crippen LogP contribution in [0, 0.1) is 0 Å². The first-order chi connectivity index (χ1) is 8.65. The fraction of sp³-hybridized carbons (Fsp3) is 0.231. The molecule has 1 aromatic heterocycles. The van der Waals surface area contributed by atoms with Gasteiger partial charge in [-0.05, 0) is 23.8 Å². The van der Waals surface area contributed by atoms with Gasteiger partial charge in [0.15, 0.2) is 0 Å². The zero-order valence-electron chi connectivity index (χ0n) is 10.1. The lowest BCUT2D eigenvalue weighted by Gasteiger charge is -2.13. The van der Waals surface area contributed by atoms with Crippen LogP contribution in [0.2, 0.25) is 0 Å². The van der Waals surface area contributed by atoms with Gasteiger partial charge in [0, 0.05) is 14.7 Å². The average Bonchev–Trinajstić information content (AvgIpc) is 2.86. The highest BCUT2D eigenvalue weighted by atomic mass is 79.9. The first-order valence-corrected chi connectivity index (χ1v) is 7.04. The first kappa shape index (κ1) is 13.4. The summed E-state index contributed by atoms with van der Waals surface area (Å²) in [5.41, 5.74) is 7.29. The Morgan fingerprint density at radius 2 is 1.89 bits per heavy atom.